The van der Waals surface area contributed by atoms with Gasteiger partial charge in [-0.3, -0.25) is 5.43 Å². The smallest absolute Gasteiger partial charge is 0.346 e. The summed E-state index contributed by atoms with van der Waals surface area (Å²) in [5.41, 5.74) is 3.64. The van der Waals surface area contributed by atoms with Crippen LogP contribution in [0, 0.1) is 0 Å². The Labute approximate surface area is 136 Å². The number of benzene rings is 2. The maximum atomic E-state index is 12.0. The van der Waals surface area contributed by atoms with Crippen molar-refractivity contribution in [3.63, 3.8) is 0 Å². The summed E-state index contributed by atoms with van der Waals surface area (Å²) < 4.78 is 5.22. The molecule has 0 aliphatic carbocycles. The summed E-state index contributed by atoms with van der Waals surface area (Å²) in [5, 5.41) is 5.62. The summed E-state index contributed by atoms with van der Waals surface area (Å²) in [7, 11) is 0. The van der Waals surface area contributed by atoms with Crippen molar-refractivity contribution < 1.29 is 4.42 Å². The van der Waals surface area contributed by atoms with Crippen LogP contribution in [0.15, 0.2) is 62.8 Å². The second kappa shape index (κ2) is 6.22. The van der Waals surface area contributed by atoms with Crippen LogP contribution in [0.3, 0.4) is 0 Å². The second-order valence-corrected chi connectivity index (χ2v) is 5.30. The first kappa shape index (κ1) is 14.6. The normalized spacial score (nSPS) is 11.2. The maximum absolute atomic E-state index is 12.0. The fourth-order valence-corrected chi connectivity index (χ4v) is 2.34. The van der Waals surface area contributed by atoms with Crippen molar-refractivity contribution in [2.45, 2.75) is 0 Å². The molecule has 0 amide bonds. The van der Waals surface area contributed by atoms with E-state index >= 15 is 0 Å². The molecule has 0 radical (unpaired) electrons. The third kappa shape index (κ3) is 2.98. The lowest BCUT2D eigenvalue weighted by atomic mass is 10.2. The van der Waals surface area contributed by atoms with Crippen LogP contribution in [0.2, 0.25) is 10.0 Å². The standard InChI is InChI=1S/C16H10Cl2N2O2/c17-10-5-7-11(8-6-10)20-19-9-13-15(18)12-3-1-2-4-14(12)22-16(13)21/h1-9,20H/b19-9+. The largest absolute Gasteiger partial charge is 0.422 e. The monoisotopic (exact) mass is 332 g/mol. The van der Waals surface area contributed by atoms with Crippen molar-refractivity contribution in [2.24, 2.45) is 5.10 Å². The molecule has 3 rings (SSSR count). The van der Waals surface area contributed by atoms with E-state index in [4.69, 9.17) is 27.6 Å². The fraction of sp³-hybridized carbons (Fsp3) is 0. The number of halogens is 2. The van der Waals surface area contributed by atoms with Gasteiger partial charge in [-0.05, 0) is 36.4 Å². The van der Waals surface area contributed by atoms with E-state index in [1.54, 1.807) is 42.5 Å². The van der Waals surface area contributed by atoms with E-state index in [1.807, 2.05) is 6.07 Å². The lowest BCUT2D eigenvalue weighted by Crippen LogP contribution is -2.08. The van der Waals surface area contributed by atoms with Crippen LogP contribution in [0.1, 0.15) is 5.56 Å². The molecule has 0 fully saturated rings. The Kier molecular flexibility index (Phi) is 4.13. The van der Waals surface area contributed by atoms with Gasteiger partial charge in [-0.25, -0.2) is 4.79 Å². The van der Waals surface area contributed by atoms with Crippen LogP contribution in [0.4, 0.5) is 5.69 Å². The molecule has 1 heterocycles. The predicted octanol–water partition coefficient (Wildman–Crippen LogP) is 4.55. The van der Waals surface area contributed by atoms with Gasteiger partial charge in [0.2, 0.25) is 0 Å². The number of anilines is 1. The zero-order valence-electron chi connectivity index (χ0n) is 11.2. The van der Waals surface area contributed by atoms with Gasteiger partial charge in [0.25, 0.3) is 0 Å². The molecule has 0 bridgehead atoms. The molecule has 22 heavy (non-hydrogen) atoms. The first-order valence-corrected chi connectivity index (χ1v) is 7.17. The van der Waals surface area contributed by atoms with Crippen molar-refractivity contribution in [1.29, 1.82) is 0 Å². The van der Waals surface area contributed by atoms with Gasteiger partial charge in [0.1, 0.15) is 5.58 Å². The number of rotatable bonds is 3. The minimum absolute atomic E-state index is 0.196. The average Bonchev–Trinajstić information content (AvgIpc) is 2.52. The number of nitrogens with one attached hydrogen (secondary N) is 1. The van der Waals surface area contributed by atoms with E-state index in [0.29, 0.717) is 21.0 Å². The van der Waals surface area contributed by atoms with Crippen molar-refractivity contribution in [3.8, 4) is 0 Å². The molecule has 1 N–H and O–H groups in total. The Hall–Kier alpha value is -2.30. The van der Waals surface area contributed by atoms with Crippen molar-refractivity contribution in [1.82, 2.24) is 0 Å². The van der Waals surface area contributed by atoms with Gasteiger partial charge in [-0.2, -0.15) is 5.10 Å². The lowest BCUT2D eigenvalue weighted by molar-refractivity contribution is 0.560. The molecule has 0 saturated heterocycles. The minimum Gasteiger partial charge on any atom is -0.422 e. The molecule has 1 aromatic heterocycles. The lowest BCUT2D eigenvalue weighted by Gasteiger charge is -2.02. The number of hydrogen-bond donors (Lipinski definition) is 1. The number of hydrogen-bond acceptors (Lipinski definition) is 4. The van der Waals surface area contributed by atoms with Gasteiger partial charge in [-0.15, -0.1) is 0 Å². The summed E-state index contributed by atoms with van der Waals surface area (Å²) in [6, 6.07) is 14.1. The fourth-order valence-electron chi connectivity index (χ4n) is 1.93. The Morgan fingerprint density at radius 1 is 1.05 bits per heavy atom. The number of para-hydroxylation sites is 1. The first-order valence-electron chi connectivity index (χ1n) is 6.41. The van der Waals surface area contributed by atoms with Crippen molar-refractivity contribution >= 4 is 46.1 Å². The molecule has 110 valence electrons. The Morgan fingerprint density at radius 3 is 2.55 bits per heavy atom. The van der Waals surface area contributed by atoms with Crippen LogP contribution in [0.25, 0.3) is 11.0 Å². The molecule has 6 heteroatoms. The van der Waals surface area contributed by atoms with Gasteiger partial charge >= 0.3 is 5.63 Å². The number of fused-ring (bicyclic) bond motifs is 1. The van der Waals surface area contributed by atoms with E-state index in [2.05, 4.69) is 10.5 Å². The van der Waals surface area contributed by atoms with E-state index in [1.165, 1.54) is 6.21 Å². The molecule has 0 unspecified atom stereocenters. The summed E-state index contributed by atoms with van der Waals surface area (Å²) in [6.45, 7) is 0. The second-order valence-electron chi connectivity index (χ2n) is 4.49. The highest BCUT2D eigenvalue weighted by molar-refractivity contribution is 6.37. The summed E-state index contributed by atoms with van der Waals surface area (Å²) in [5.74, 6) is 0. The molecule has 2 aromatic carbocycles. The number of nitrogens with zero attached hydrogens (tertiary/aromatic N) is 1. The van der Waals surface area contributed by atoms with Gasteiger partial charge in [0.15, 0.2) is 0 Å². The minimum atomic E-state index is -0.537. The predicted molar refractivity (Wildman–Crippen MR) is 90.2 cm³/mol. The van der Waals surface area contributed by atoms with E-state index in [9.17, 15) is 4.79 Å². The highest BCUT2D eigenvalue weighted by Crippen LogP contribution is 2.23. The van der Waals surface area contributed by atoms with E-state index in [0.717, 1.165) is 5.69 Å². The number of hydrazone groups is 1. The van der Waals surface area contributed by atoms with Crippen LogP contribution < -0.4 is 11.1 Å². The van der Waals surface area contributed by atoms with Gasteiger partial charge in [-0.1, -0.05) is 35.3 Å². The van der Waals surface area contributed by atoms with E-state index in [-0.39, 0.29) is 5.56 Å². The Morgan fingerprint density at radius 2 is 1.77 bits per heavy atom. The zero-order valence-corrected chi connectivity index (χ0v) is 12.7. The van der Waals surface area contributed by atoms with Gasteiger partial charge < -0.3 is 4.42 Å². The SMILES string of the molecule is O=c1oc2ccccc2c(Cl)c1/C=N/Nc1ccc(Cl)cc1. The summed E-state index contributed by atoms with van der Waals surface area (Å²) in [6.07, 6.45) is 1.34. The third-order valence-electron chi connectivity index (χ3n) is 3.01. The molecule has 4 nitrogen and oxygen atoms in total. The Bertz CT molecular complexity index is 902. The molecular weight excluding hydrogens is 323 g/mol. The summed E-state index contributed by atoms with van der Waals surface area (Å²) in [4.78, 5) is 12.0. The van der Waals surface area contributed by atoms with Crippen LogP contribution in [0.5, 0.6) is 0 Å². The van der Waals surface area contributed by atoms with Crippen LogP contribution in [-0.4, -0.2) is 6.21 Å². The molecular formula is C16H10Cl2N2O2. The molecule has 0 aliphatic rings. The zero-order chi connectivity index (χ0) is 15.5. The molecule has 0 spiro atoms. The topological polar surface area (TPSA) is 54.6 Å². The van der Waals surface area contributed by atoms with Gasteiger partial charge in [0, 0.05) is 10.4 Å². The third-order valence-corrected chi connectivity index (χ3v) is 3.67. The highest BCUT2D eigenvalue weighted by Gasteiger charge is 2.10. The van der Waals surface area contributed by atoms with Crippen molar-refractivity contribution in [3.05, 3.63) is 74.6 Å². The molecule has 0 atom stereocenters. The van der Waals surface area contributed by atoms with Gasteiger partial charge in [0.05, 0.1) is 22.5 Å². The highest BCUT2D eigenvalue weighted by atomic mass is 35.5. The Balaban J connectivity index is 1.91. The quantitative estimate of drug-likeness (QED) is 0.435. The first-order chi connectivity index (χ1) is 10.6. The van der Waals surface area contributed by atoms with E-state index < -0.39 is 5.63 Å². The summed E-state index contributed by atoms with van der Waals surface area (Å²) >= 11 is 12.1. The van der Waals surface area contributed by atoms with Crippen molar-refractivity contribution in [2.75, 3.05) is 5.43 Å². The molecule has 3 aromatic rings. The maximum Gasteiger partial charge on any atom is 0.346 e. The molecule has 0 saturated carbocycles. The average molecular weight is 333 g/mol. The van der Waals surface area contributed by atoms with Crippen LogP contribution in [-0.2, 0) is 0 Å². The molecule has 0 aliphatic heterocycles. The van der Waals surface area contributed by atoms with Crippen LogP contribution >= 0.6 is 23.2 Å².